The molecule has 0 amide bonds. The summed E-state index contributed by atoms with van der Waals surface area (Å²) in [5.74, 6) is 1.44. The number of hydrogen-bond donors (Lipinski definition) is 0. The molecule has 0 saturated heterocycles. The minimum absolute atomic E-state index is 0.0125. The molecule has 0 aromatic heterocycles. The van der Waals surface area contributed by atoms with Crippen molar-refractivity contribution in [2.75, 3.05) is 0 Å². The Morgan fingerprint density at radius 3 is 2.00 bits per heavy atom. The van der Waals surface area contributed by atoms with Gasteiger partial charge in [-0.3, -0.25) is 4.79 Å². The second kappa shape index (κ2) is 7.82. The predicted octanol–water partition coefficient (Wildman–Crippen LogP) is 6.34. The van der Waals surface area contributed by atoms with Crippen LogP contribution < -0.4 is 4.74 Å². The number of ketones is 1. The highest BCUT2D eigenvalue weighted by Crippen LogP contribution is 2.23. The van der Waals surface area contributed by atoms with Crippen LogP contribution in [-0.4, -0.2) is 5.78 Å². The van der Waals surface area contributed by atoms with Gasteiger partial charge in [0.15, 0.2) is 5.78 Å². The molecule has 3 aromatic carbocycles. The first kappa shape index (κ1) is 17.0. The molecule has 0 unspecified atom stereocenters. The number of hydrogen-bond acceptors (Lipinski definition) is 2. The van der Waals surface area contributed by atoms with Crippen LogP contribution in [0.3, 0.4) is 0 Å². The third-order valence-electron chi connectivity index (χ3n) is 3.69. The summed E-state index contributed by atoms with van der Waals surface area (Å²) < 4.78 is 5.74. The predicted molar refractivity (Wildman–Crippen MR) is 103 cm³/mol. The van der Waals surface area contributed by atoms with Gasteiger partial charge in [-0.2, -0.15) is 0 Å². The third kappa shape index (κ3) is 4.82. The van der Waals surface area contributed by atoms with E-state index in [1.807, 2.05) is 67.6 Å². The van der Waals surface area contributed by atoms with Crippen molar-refractivity contribution >= 4 is 23.5 Å². The molecule has 0 spiro atoms. The van der Waals surface area contributed by atoms with E-state index < -0.39 is 0 Å². The number of rotatable bonds is 5. The fourth-order valence-corrected chi connectivity index (χ4v) is 2.40. The van der Waals surface area contributed by atoms with Crippen LogP contribution in [-0.2, 0) is 0 Å². The maximum Gasteiger partial charge on any atom is 0.185 e. The molecule has 25 heavy (non-hydrogen) atoms. The lowest BCUT2D eigenvalue weighted by atomic mass is 10.1. The molecule has 0 atom stereocenters. The van der Waals surface area contributed by atoms with Crippen molar-refractivity contribution in [2.45, 2.75) is 6.92 Å². The SMILES string of the molecule is Cc1ccc(C(=O)/C=C/c2ccc(Oc3ccc(Cl)cc3)cc2)cc1. The van der Waals surface area contributed by atoms with Gasteiger partial charge in [0.05, 0.1) is 0 Å². The molecule has 0 aliphatic heterocycles. The largest absolute Gasteiger partial charge is 0.457 e. The van der Waals surface area contributed by atoms with E-state index in [9.17, 15) is 4.79 Å². The van der Waals surface area contributed by atoms with E-state index in [4.69, 9.17) is 16.3 Å². The second-order valence-corrected chi connectivity index (χ2v) is 6.13. The Morgan fingerprint density at radius 1 is 0.840 bits per heavy atom. The minimum Gasteiger partial charge on any atom is -0.457 e. The Balaban J connectivity index is 1.64. The maximum absolute atomic E-state index is 12.1. The Hall–Kier alpha value is -2.84. The quantitative estimate of drug-likeness (QED) is 0.397. The van der Waals surface area contributed by atoms with Crippen molar-refractivity contribution < 1.29 is 9.53 Å². The lowest BCUT2D eigenvalue weighted by molar-refractivity contribution is 0.104. The number of ether oxygens (including phenoxy) is 1. The summed E-state index contributed by atoms with van der Waals surface area (Å²) in [6.07, 6.45) is 3.38. The zero-order valence-electron chi connectivity index (χ0n) is 13.8. The zero-order valence-corrected chi connectivity index (χ0v) is 14.5. The molecule has 0 radical (unpaired) electrons. The van der Waals surface area contributed by atoms with Crippen molar-refractivity contribution in [3.63, 3.8) is 0 Å². The van der Waals surface area contributed by atoms with Crippen LogP contribution in [0.25, 0.3) is 6.08 Å². The molecular formula is C22H17ClO2. The van der Waals surface area contributed by atoms with Crippen LogP contribution in [0.2, 0.25) is 5.02 Å². The molecule has 0 aliphatic carbocycles. The summed E-state index contributed by atoms with van der Waals surface area (Å²) in [5.41, 5.74) is 2.75. The van der Waals surface area contributed by atoms with Crippen molar-refractivity contribution in [1.29, 1.82) is 0 Å². The number of benzene rings is 3. The van der Waals surface area contributed by atoms with Crippen LogP contribution >= 0.6 is 11.6 Å². The third-order valence-corrected chi connectivity index (χ3v) is 3.94. The molecule has 0 aliphatic rings. The van der Waals surface area contributed by atoms with Gasteiger partial charge in [-0.1, -0.05) is 59.6 Å². The van der Waals surface area contributed by atoms with Gasteiger partial charge >= 0.3 is 0 Å². The highest BCUT2D eigenvalue weighted by atomic mass is 35.5. The lowest BCUT2D eigenvalue weighted by Gasteiger charge is -2.05. The summed E-state index contributed by atoms with van der Waals surface area (Å²) in [7, 11) is 0. The van der Waals surface area contributed by atoms with E-state index in [2.05, 4.69) is 0 Å². The van der Waals surface area contributed by atoms with Gasteiger partial charge in [0.25, 0.3) is 0 Å². The Morgan fingerprint density at radius 2 is 1.40 bits per heavy atom. The molecule has 124 valence electrons. The molecule has 2 nitrogen and oxygen atoms in total. The Bertz CT molecular complexity index is 877. The topological polar surface area (TPSA) is 26.3 Å². The average Bonchev–Trinajstić information content (AvgIpc) is 2.63. The van der Waals surface area contributed by atoms with Crippen LogP contribution in [0.1, 0.15) is 21.5 Å². The summed E-state index contributed by atoms with van der Waals surface area (Å²) in [6, 6.07) is 22.3. The first-order chi connectivity index (χ1) is 12.1. The van der Waals surface area contributed by atoms with Gasteiger partial charge < -0.3 is 4.74 Å². The highest BCUT2D eigenvalue weighted by molar-refractivity contribution is 6.30. The van der Waals surface area contributed by atoms with Crippen LogP contribution in [0.15, 0.2) is 78.9 Å². The first-order valence-electron chi connectivity index (χ1n) is 7.93. The van der Waals surface area contributed by atoms with Gasteiger partial charge in [-0.15, -0.1) is 0 Å². The Labute approximate surface area is 152 Å². The minimum atomic E-state index is -0.0125. The maximum atomic E-state index is 12.1. The molecule has 0 saturated carbocycles. The molecule has 3 heteroatoms. The molecule has 3 aromatic rings. The van der Waals surface area contributed by atoms with Crippen LogP contribution in [0.5, 0.6) is 11.5 Å². The summed E-state index contributed by atoms with van der Waals surface area (Å²) >= 11 is 5.86. The smallest absolute Gasteiger partial charge is 0.185 e. The van der Waals surface area contributed by atoms with Gasteiger partial charge in [0.2, 0.25) is 0 Å². The van der Waals surface area contributed by atoms with E-state index in [1.165, 1.54) is 0 Å². The highest BCUT2D eigenvalue weighted by Gasteiger charge is 2.01. The fourth-order valence-electron chi connectivity index (χ4n) is 2.27. The summed E-state index contributed by atoms with van der Waals surface area (Å²) in [4.78, 5) is 12.1. The van der Waals surface area contributed by atoms with Crippen molar-refractivity contribution in [1.82, 2.24) is 0 Å². The average molecular weight is 349 g/mol. The number of carbonyl (C=O) groups is 1. The van der Waals surface area contributed by atoms with E-state index in [1.54, 1.807) is 24.3 Å². The van der Waals surface area contributed by atoms with Crippen molar-refractivity contribution in [2.24, 2.45) is 0 Å². The monoisotopic (exact) mass is 348 g/mol. The van der Waals surface area contributed by atoms with Gasteiger partial charge in [0, 0.05) is 10.6 Å². The zero-order chi connectivity index (χ0) is 17.6. The van der Waals surface area contributed by atoms with E-state index in [0.29, 0.717) is 10.6 Å². The van der Waals surface area contributed by atoms with Gasteiger partial charge in [0.1, 0.15) is 11.5 Å². The van der Waals surface area contributed by atoms with Crippen molar-refractivity contribution in [3.05, 3.63) is 101 Å². The molecule has 3 rings (SSSR count). The molecule has 0 N–H and O–H groups in total. The number of allylic oxidation sites excluding steroid dienone is 1. The molecular weight excluding hydrogens is 332 g/mol. The Kier molecular flexibility index (Phi) is 5.32. The molecule has 0 heterocycles. The summed E-state index contributed by atoms with van der Waals surface area (Å²) in [5, 5.41) is 0.672. The summed E-state index contributed by atoms with van der Waals surface area (Å²) in [6.45, 7) is 2.00. The normalized spacial score (nSPS) is 10.8. The van der Waals surface area contributed by atoms with E-state index >= 15 is 0 Å². The number of halogens is 1. The van der Waals surface area contributed by atoms with Crippen molar-refractivity contribution in [3.8, 4) is 11.5 Å². The molecule has 0 bridgehead atoms. The van der Waals surface area contributed by atoms with Crippen LogP contribution in [0, 0.1) is 6.92 Å². The van der Waals surface area contributed by atoms with Gasteiger partial charge in [-0.25, -0.2) is 0 Å². The number of aryl methyl sites for hydroxylation is 1. The first-order valence-corrected chi connectivity index (χ1v) is 8.30. The van der Waals surface area contributed by atoms with Crippen LogP contribution in [0.4, 0.5) is 0 Å². The molecule has 0 fully saturated rings. The van der Waals surface area contributed by atoms with E-state index in [-0.39, 0.29) is 5.78 Å². The lowest BCUT2D eigenvalue weighted by Crippen LogP contribution is -1.93. The second-order valence-electron chi connectivity index (χ2n) is 5.69. The van der Waals surface area contributed by atoms with Gasteiger partial charge in [-0.05, 0) is 55.0 Å². The standard InChI is InChI=1S/C22H17ClO2/c1-16-2-7-18(8-3-16)22(24)15-6-17-4-11-20(12-5-17)25-21-13-9-19(23)10-14-21/h2-15H,1H3/b15-6+. The van der Waals surface area contributed by atoms with E-state index in [0.717, 1.165) is 22.6 Å². The number of carbonyl (C=O) groups excluding carboxylic acids is 1. The fraction of sp³-hybridized carbons (Fsp3) is 0.0455.